The van der Waals surface area contributed by atoms with Crippen LogP contribution in [0.1, 0.15) is 168 Å². The lowest BCUT2D eigenvalue weighted by Crippen LogP contribution is -2.65. The zero-order valence-corrected chi connectivity index (χ0v) is 61.5. The van der Waals surface area contributed by atoms with Crippen LogP contribution in [0, 0.1) is 35.5 Å². The van der Waals surface area contributed by atoms with E-state index in [1.807, 2.05) is 0 Å². The van der Waals surface area contributed by atoms with Crippen LogP contribution in [0.25, 0.3) is 0 Å². The highest BCUT2D eigenvalue weighted by Gasteiger charge is 2.57. The predicted molar refractivity (Wildman–Crippen MR) is 357 cm³/mol. The standard InChI is InChI=1S/C70H106F10N12O12/c1-12-39(2)56-64(102)86(7)37-54(95)88(9)48-21-15-18-30-91(63(48)101)50(33-41-22-25-44(26-23-41)69(75,76)77)62(100)85(6)36-52(93)81-47(27-24-42-31-45(71)55(46(72)32-42)70(78,79)80)60(98)92-38-68(73,74)35-51(92)59(97)83-67(28-16-17-29-67)66(104)90(11)57(43-19-13-14-20-43)65(103)89(10)49(61(99)84(4)5)34-53(94)87(8)40(3)58(96)82-56/h39-51,55-57H,12-38H2,1-11H3,(H,81,93)(H,82,96)(H,83,97)/t39-,40-,41?,42?,44?,45?,46?,47-,48-,49-,50-,51-,55?,56-,57-/m0/s1. The molecule has 12 amide bonds. The van der Waals surface area contributed by atoms with Crippen molar-refractivity contribution in [2.75, 3.05) is 82.6 Å². The quantitative estimate of drug-likeness (QED) is 0.232. The van der Waals surface area contributed by atoms with E-state index in [9.17, 15) is 55.1 Å². The van der Waals surface area contributed by atoms with E-state index in [-0.39, 0.29) is 83.6 Å². The van der Waals surface area contributed by atoms with Crippen LogP contribution in [0.4, 0.5) is 43.9 Å². The zero-order valence-electron chi connectivity index (χ0n) is 61.5. The molecule has 0 radical (unpaired) electrons. The van der Waals surface area contributed by atoms with E-state index in [1.165, 1.54) is 61.2 Å². The summed E-state index contributed by atoms with van der Waals surface area (Å²) in [5.41, 5.74) is -1.92. The molecule has 4 aliphatic carbocycles. The van der Waals surface area contributed by atoms with Crippen LogP contribution in [-0.2, 0) is 57.5 Å². The molecule has 2 unspecified atom stereocenters. The van der Waals surface area contributed by atoms with E-state index in [0.717, 1.165) is 41.3 Å². The first-order valence-electron chi connectivity index (χ1n) is 36.5. The van der Waals surface area contributed by atoms with Gasteiger partial charge >= 0.3 is 12.4 Å². The summed E-state index contributed by atoms with van der Waals surface area (Å²) in [7, 11) is 10.4. The zero-order chi connectivity index (χ0) is 77.6. The van der Waals surface area contributed by atoms with Crippen molar-refractivity contribution in [1.82, 2.24) is 60.0 Å². The normalized spacial score (nSPS) is 32.3. The Bertz CT molecular complexity index is 3120. The monoisotopic (exact) mass is 1500 g/mol. The number of amides is 12. The molecule has 34 heteroatoms. The maximum atomic E-state index is 16.1. The van der Waals surface area contributed by atoms with E-state index in [1.54, 1.807) is 13.8 Å². The van der Waals surface area contributed by atoms with Gasteiger partial charge in [-0.3, -0.25) is 57.5 Å². The molecule has 3 aliphatic heterocycles. The molecule has 0 aromatic rings. The summed E-state index contributed by atoms with van der Waals surface area (Å²) < 4.78 is 147. The van der Waals surface area contributed by atoms with Crippen molar-refractivity contribution in [2.45, 2.75) is 253 Å². The number of carbonyl (C=O) groups is 12. The third kappa shape index (κ3) is 19.8. The molecule has 7 fully saturated rings. The number of nitrogens with one attached hydrogen (secondary N) is 3. The van der Waals surface area contributed by atoms with E-state index in [4.69, 9.17) is 0 Å². The molecular weight excluding hydrogens is 1390 g/mol. The number of hydrogen-bond donors (Lipinski definition) is 3. The molecule has 11 atom stereocenters. The fourth-order valence-electron chi connectivity index (χ4n) is 16.6. The second kappa shape index (κ2) is 34.7. The average molecular weight is 1500 g/mol. The summed E-state index contributed by atoms with van der Waals surface area (Å²) in [5, 5.41) is 7.80. The van der Waals surface area contributed by atoms with Gasteiger partial charge in [0.1, 0.15) is 72.1 Å². The number of rotatable bonds is 9. The number of halogens is 10. The minimum atomic E-state index is -5.27. The second-order valence-electron chi connectivity index (χ2n) is 30.8. The van der Waals surface area contributed by atoms with Crippen molar-refractivity contribution in [1.29, 1.82) is 0 Å². The summed E-state index contributed by atoms with van der Waals surface area (Å²) in [4.78, 5) is 187. The Hall–Kier alpha value is -7.06. The maximum absolute atomic E-state index is 16.1. The smallest absolute Gasteiger partial charge is 0.347 e. The Morgan fingerprint density at radius 2 is 1.20 bits per heavy atom. The van der Waals surface area contributed by atoms with Crippen molar-refractivity contribution >= 4 is 70.9 Å². The van der Waals surface area contributed by atoms with Gasteiger partial charge in [0, 0.05) is 69.3 Å². The Balaban J connectivity index is 1.30. The molecule has 3 saturated heterocycles. The number of hydrogen-bond acceptors (Lipinski definition) is 12. The van der Waals surface area contributed by atoms with Crippen molar-refractivity contribution < 1.29 is 101 Å². The molecule has 0 aromatic heterocycles. The molecule has 1 spiro atoms. The summed E-state index contributed by atoms with van der Waals surface area (Å²) in [6, 6.07) is -12.5. The van der Waals surface area contributed by atoms with Crippen molar-refractivity contribution in [3.8, 4) is 0 Å². The van der Waals surface area contributed by atoms with Crippen molar-refractivity contribution in [3.63, 3.8) is 0 Å². The van der Waals surface area contributed by atoms with Gasteiger partial charge in [0.2, 0.25) is 70.9 Å². The van der Waals surface area contributed by atoms with Crippen LogP contribution in [0.15, 0.2) is 0 Å². The van der Waals surface area contributed by atoms with Crippen LogP contribution >= 0.6 is 0 Å². The number of carbonyl (C=O) groups excluding carboxylic acids is 12. The van der Waals surface area contributed by atoms with Gasteiger partial charge in [-0.25, -0.2) is 17.6 Å². The molecule has 0 aromatic carbocycles. The Labute approximate surface area is 601 Å². The minimum absolute atomic E-state index is 0.0251. The van der Waals surface area contributed by atoms with Gasteiger partial charge in [-0.2, -0.15) is 26.3 Å². The molecule has 2 bridgehead atoms. The van der Waals surface area contributed by atoms with E-state index in [2.05, 4.69) is 16.0 Å². The molecule has 7 aliphatic rings. The molecule has 24 nitrogen and oxygen atoms in total. The minimum Gasteiger partial charge on any atom is -0.347 e. The lowest BCUT2D eigenvalue weighted by atomic mass is 9.76. The molecule has 4 saturated carbocycles. The average Bonchev–Trinajstić information content (AvgIpc) is 1.44. The number of fused-ring (bicyclic) bond motifs is 3. The summed E-state index contributed by atoms with van der Waals surface area (Å²) >= 11 is 0. The Morgan fingerprint density at radius 3 is 1.77 bits per heavy atom. The topological polar surface area (TPSA) is 270 Å². The molecule has 104 heavy (non-hydrogen) atoms. The number of alkyl halides is 10. The summed E-state index contributed by atoms with van der Waals surface area (Å²) in [6.45, 7) is 1.52. The van der Waals surface area contributed by atoms with Crippen molar-refractivity contribution in [3.05, 3.63) is 0 Å². The highest BCUT2D eigenvalue weighted by molar-refractivity contribution is 6.01. The third-order valence-electron chi connectivity index (χ3n) is 23.3. The summed E-state index contributed by atoms with van der Waals surface area (Å²) in [6.07, 6.45) is -17.9. The molecule has 7 rings (SSSR count). The molecule has 588 valence electrons. The second-order valence-corrected chi connectivity index (χ2v) is 30.8. The fraction of sp³-hybridized carbons (Fsp3) is 0.829. The lowest BCUT2D eigenvalue weighted by molar-refractivity contribution is -0.219. The highest BCUT2D eigenvalue weighted by Crippen LogP contribution is 2.46. The van der Waals surface area contributed by atoms with E-state index < -0.39 is 249 Å². The van der Waals surface area contributed by atoms with Crippen LogP contribution < -0.4 is 16.0 Å². The van der Waals surface area contributed by atoms with Crippen LogP contribution in [-0.4, -0.2) is 282 Å². The van der Waals surface area contributed by atoms with Gasteiger partial charge < -0.3 is 60.0 Å². The SMILES string of the molecule is CC[C@H](C)[C@@H]1NC(=O)[C@H](C)N(C)C(=O)C[C@@H](C(=O)N(C)C)N(C)C(=O)[C@H](C2CCCC2)N(C)C(=O)C2(CCCC2)NC(=O)[C@@H]2CC(F)(F)CN2C(=O)[C@H](CCC2CC(F)C(C(F)(F)F)C(F)C2)NC(=O)CN(C)C(=O)[C@H](CC2CCC(C(F)(F)F)CC2)N2CCCC[C@@H](C2=O)N(C)C(=O)CN(C)C1=O. The van der Waals surface area contributed by atoms with Crippen LogP contribution in [0.5, 0.6) is 0 Å². The Kier molecular flexibility index (Phi) is 28.1. The van der Waals surface area contributed by atoms with Gasteiger partial charge in [-0.05, 0) is 133 Å². The number of nitrogens with zero attached hydrogens (tertiary/aromatic N) is 9. The molecule has 3 heterocycles. The maximum Gasteiger partial charge on any atom is 0.397 e. The van der Waals surface area contributed by atoms with Gasteiger partial charge in [0.15, 0.2) is 0 Å². The van der Waals surface area contributed by atoms with Gasteiger partial charge in [0.05, 0.1) is 32.0 Å². The first-order chi connectivity index (χ1) is 48.4. The first kappa shape index (κ1) is 84.2. The van der Waals surface area contributed by atoms with Gasteiger partial charge in [-0.15, -0.1) is 0 Å². The van der Waals surface area contributed by atoms with Gasteiger partial charge in [0.25, 0.3) is 5.92 Å². The third-order valence-corrected chi connectivity index (χ3v) is 23.3. The van der Waals surface area contributed by atoms with Crippen LogP contribution in [0.2, 0.25) is 0 Å². The molecule has 3 N–H and O–H groups in total. The fourth-order valence-corrected chi connectivity index (χ4v) is 16.6. The van der Waals surface area contributed by atoms with Crippen molar-refractivity contribution in [2.24, 2.45) is 35.5 Å². The number of likely N-dealkylation sites (N-methyl/N-ethyl adjacent to an activating group) is 7. The largest absolute Gasteiger partial charge is 0.397 e. The highest BCUT2D eigenvalue weighted by atomic mass is 19.4. The predicted octanol–water partition coefficient (Wildman–Crippen LogP) is 5.78. The van der Waals surface area contributed by atoms with Gasteiger partial charge in [-0.1, -0.05) is 46.0 Å². The van der Waals surface area contributed by atoms with Crippen LogP contribution in [0.3, 0.4) is 0 Å². The van der Waals surface area contributed by atoms with E-state index in [0.29, 0.717) is 37.0 Å². The Morgan fingerprint density at radius 1 is 0.615 bits per heavy atom. The van der Waals surface area contributed by atoms with E-state index >= 15 is 46.3 Å². The summed E-state index contributed by atoms with van der Waals surface area (Å²) in [5.74, 6) is -22.5. The molecular formula is C70H106F10N12O12. The first-order valence-corrected chi connectivity index (χ1v) is 36.5. The lowest BCUT2D eigenvalue weighted by Gasteiger charge is -2.42.